The van der Waals surface area contributed by atoms with Crippen molar-refractivity contribution in [3.05, 3.63) is 21.7 Å². The smallest absolute Gasteiger partial charge is 0.164 e. The molecule has 0 bridgehead atoms. The molecule has 1 aliphatic rings. The summed E-state index contributed by atoms with van der Waals surface area (Å²) in [5.41, 5.74) is 0.444. The van der Waals surface area contributed by atoms with Crippen LogP contribution in [0.25, 0.3) is 0 Å². The molecule has 1 N–H and O–H groups in total. The fourth-order valence-corrected chi connectivity index (χ4v) is 2.84. The van der Waals surface area contributed by atoms with E-state index in [0.717, 1.165) is 16.1 Å². The van der Waals surface area contributed by atoms with Crippen molar-refractivity contribution >= 4 is 22.6 Å². The Labute approximate surface area is 105 Å². The topological polar surface area (TPSA) is 25.2 Å². The lowest BCUT2D eigenvalue weighted by atomic mass is 9.87. The van der Waals surface area contributed by atoms with Crippen molar-refractivity contribution in [3.63, 3.8) is 0 Å². The quantitative estimate of drug-likeness (QED) is 0.862. The summed E-state index contributed by atoms with van der Waals surface area (Å²) in [5, 5.41) is 3.60. The van der Waals surface area contributed by atoms with Gasteiger partial charge in [0.05, 0.1) is 6.54 Å². The molecule has 1 heterocycles. The van der Waals surface area contributed by atoms with E-state index in [2.05, 4.69) is 47.8 Å². The van der Waals surface area contributed by atoms with Crippen molar-refractivity contribution in [2.45, 2.75) is 45.7 Å². The molecule has 1 saturated carbocycles. The number of furan rings is 1. The summed E-state index contributed by atoms with van der Waals surface area (Å²) in [4.78, 5) is 0. The molecule has 2 rings (SSSR count). The minimum Gasteiger partial charge on any atom is -0.454 e. The first kappa shape index (κ1) is 11.5. The van der Waals surface area contributed by atoms with E-state index in [1.54, 1.807) is 0 Å². The Morgan fingerprint density at radius 2 is 2.33 bits per heavy atom. The van der Waals surface area contributed by atoms with Gasteiger partial charge in [-0.15, -0.1) is 0 Å². The van der Waals surface area contributed by atoms with Crippen LogP contribution in [0.5, 0.6) is 0 Å². The molecule has 0 radical (unpaired) electrons. The largest absolute Gasteiger partial charge is 0.454 e. The van der Waals surface area contributed by atoms with Crippen LogP contribution in [0.4, 0.5) is 0 Å². The normalized spacial score (nSPS) is 24.6. The maximum atomic E-state index is 5.54. The second-order valence-corrected chi connectivity index (χ2v) is 6.08. The molecule has 1 aromatic heterocycles. The van der Waals surface area contributed by atoms with E-state index < -0.39 is 0 Å². The highest BCUT2D eigenvalue weighted by atomic mass is 127. The molecule has 0 amide bonds. The first-order chi connectivity index (χ1) is 7.08. The van der Waals surface area contributed by atoms with Crippen molar-refractivity contribution in [1.29, 1.82) is 0 Å². The van der Waals surface area contributed by atoms with Crippen LogP contribution in [-0.4, -0.2) is 6.04 Å². The molecule has 2 nitrogen and oxygen atoms in total. The molecule has 1 fully saturated rings. The number of hydrogen-bond donors (Lipinski definition) is 1. The van der Waals surface area contributed by atoms with Gasteiger partial charge in [-0.2, -0.15) is 0 Å². The van der Waals surface area contributed by atoms with Crippen molar-refractivity contribution in [1.82, 2.24) is 5.32 Å². The van der Waals surface area contributed by atoms with Gasteiger partial charge in [0, 0.05) is 6.04 Å². The van der Waals surface area contributed by atoms with Crippen molar-refractivity contribution in [3.8, 4) is 0 Å². The van der Waals surface area contributed by atoms with Gasteiger partial charge >= 0.3 is 0 Å². The van der Waals surface area contributed by atoms with Crippen LogP contribution in [0.3, 0.4) is 0 Å². The predicted molar refractivity (Wildman–Crippen MR) is 69.7 cm³/mol. The molecule has 1 unspecified atom stereocenters. The van der Waals surface area contributed by atoms with Crippen LogP contribution < -0.4 is 5.32 Å². The maximum absolute atomic E-state index is 5.54. The molecule has 3 heteroatoms. The molecule has 0 saturated heterocycles. The highest BCUT2D eigenvalue weighted by Gasteiger charge is 2.33. The summed E-state index contributed by atoms with van der Waals surface area (Å²) in [7, 11) is 0. The average molecular weight is 319 g/mol. The first-order valence-electron chi connectivity index (χ1n) is 5.55. The molecule has 0 aromatic carbocycles. The summed E-state index contributed by atoms with van der Waals surface area (Å²) in [5.74, 6) is 1.04. The lowest BCUT2D eigenvalue weighted by Crippen LogP contribution is -2.37. The Kier molecular flexibility index (Phi) is 3.40. The van der Waals surface area contributed by atoms with Gasteiger partial charge in [0.1, 0.15) is 5.76 Å². The third kappa shape index (κ3) is 2.75. The van der Waals surface area contributed by atoms with Gasteiger partial charge in [-0.1, -0.05) is 20.3 Å². The predicted octanol–water partition coefficient (Wildman–Crippen LogP) is 3.55. The van der Waals surface area contributed by atoms with Gasteiger partial charge in [0.2, 0.25) is 0 Å². The number of nitrogens with one attached hydrogen (secondary N) is 1. The summed E-state index contributed by atoms with van der Waals surface area (Å²) in [6.45, 7) is 5.56. The monoisotopic (exact) mass is 319 g/mol. The second kappa shape index (κ2) is 4.45. The third-order valence-corrected chi connectivity index (χ3v) is 3.99. The Hall–Kier alpha value is -0.0300. The Morgan fingerprint density at radius 3 is 2.87 bits per heavy atom. The number of halogens is 1. The van der Waals surface area contributed by atoms with E-state index in [9.17, 15) is 0 Å². The van der Waals surface area contributed by atoms with Crippen molar-refractivity contribution < 1.29 is 4.42 Å². The first-order valence-corrected chi connectivity index (χ1v) is 6.63. The fourth-order valence-electron chi connectivity index (χ4n) is 2.38. The SMILES string of the molecule is CC1(C)CCCC1NCc1ccc(I)o1. The lowest BCUT2D eigenvalue weighted by molar-refractivity contribution is 0.275. The Bertz CT molecular complexity index is 332. The second-order valence-electron chi connectivity index (χ2n) is 5.02. The summed E-state index contributed by atoms with van der Waals surface area (Å²) in [6.07, 6.45) is 3.98. The van der Waals surface area contributed by atoms with Gasteiger partial charge in [-0.3, -0.25) is 0 Å². The van der Waals surface area contributed by atoms with Crippen LogP contribution in [0, 0.1) is 9.18 Å². The van der Waals surface area contributed by atoms with Gasteiger partial charge in [0.25, 0.3) is 0 Å². The van der Waals surface area contributed by atoms with Gasteiger partial charge in [0.15, 0.2) is 3.77 Å². The molecule has 0 aliphatic heterocycles. The highest BCUT2D eigenvalue weighted by Crippen LogP contribution is 2.37. The molecule has 1 aliphatic carbocycles. The average Bonchev–Trinajstić information content (AvgIpc) is 2.69. The van der Waals surface area contributed by atoms with E-state index in [1.807, 2.05) is 6.07 Å². The lowest BCUT2D eigenvalue weighted by Gasteiger charge is -2.27. The molecule has 1 atom stereocenters. The van der Waals surface area contributed by atoms with Gasteiger partial charge in [-0.05, 0) is 53.0 Å². The maximum Gasteiger partial charge on any atom is 0.164 e. The standard InChI is InChI=1S/C12H18INO/c1-12(2)7-3-4-10(12)14-8-9-5-6-11(13)15-9/h5-6,10,14H,3-4,7-8H2,1-2H3. The zero-order valence-corrected chi connectivity index (χ0v) is 11.5. The van der Waals surface area contributed by atoms with E-state index >= 15 is 0 Å². The molecule has 84 valence electrons. The van der Waals surface area contributed by atoms with Crippen LogP contribution >= 0.6 is 22.6 Å². The Morgan fingerprint density at radius 1 is 1.53 bits per heavy atom. The minimum absolute atomic E-state index is 0.444. The van der Waals surface area contributed by atoms with E-state index in [1.165, 1.54) is 19.3 Å². The van der Waals surface area contributed by atoms with Gasteiger partial charge in [-0.25, -0.2) is 0 Å². The van der Waals surface area contributed by atoms with E-state index in [0.29, 0.717) is 11.5 Å². The van der Waals surface area contributed by atoms with Crippen LogP contribution in [-0.2, 0) is 6.54 Å². The third-order valence-electron chi connectivity index (χ3n) is 3.41. The van der Waals surface area contributed by atoms with E-state index in [4.69, 9.17) is 4.42 Å². The zero-order chi connectivity index (χ0) is 10.9. The summed E-state index contributed by atoms with van der Waals surface area (Å²) in [6, 6.07) is 4.70. The number of rotatable bonds is 3. The van der Waals surface area contributed by atoms with E-state index in [-0.39, 0.29) is 0 Å². The minimum atomic E-state index is 0.444. The van der Waals surface area contributed by atoms with Crippen molar-refractivity contribution in [2.24, 2.45) is 5.41 Å². The molecule has 15 heavy (non-hydrogen) atoms. The Balaban J connectivity index is 1.88. The van der Waals surface area contributed by atoms with Crippen LogP contribution in [0.15, 0.2) is 16.5 Å². The zero-order valence-electron chi connectivity index (χ0n) is 9.35. The van der Waals surface area contributed by atoms with Gasteiger partial charge < -0.3 is 9.73 Å². The van der Waals surface area contributed by atoms with Crippen LogP contribution in [0.2, 0.25) is 0 Å². The highest BCUT2D eigenvalue weighted by molar-refractivity contribution is 14.1. The molecular formula is C12H18INO. The van der Waals surface area contributed by atoms with Crippen LogP contribution in [0.1, 0.15) is 38.9 Å². The molecule has 1 aromatic rings. The summed E-state index contributed by atoms with van der Waals surface area (Å²) < 4.78 is 6.50. The summed E-state index contributed by atoms with van der Waals surface area (Å²) >= 11 is 2.20. The van der Waals surface area contributed by atoms with Crippen molar-refractivity contribution in [2.75, 3.05) is 0 Å². The molecular weight excluding hydrogens is 301 g/mol. The molecule has 0 spiro atoms. The number of hydrogen-bond acceptors (Lipinski definition) is 2. The fraction of sp³-hybridized carbons (Fsp3) is 0.667.